The van der Waals surface area contributed by atoms with Gasteiger partial charge in [0.25, 0.3) is 0 Å². The van der Waals surface area contributed by atoms with Crippen LogP contribution in [0.1, 0.15) is 0 Å². The first kappa shape index (κ1) is 10.3. The van der Waals surface area contributed by atoms with E-state index in [1.807, 2.05) is 11.4 Å². The second kappa shape index (κ2) is 4.08. The summed E-state index contributed by atoms with van der Waals surface area (Å²) < 4.78 is 14.4. The van der Waals surface area contributed by atoms with E-state index >= 15 is 0 Å². The molecule has 0 atom stereocenters. The standard InChI is InChI=1S/C9H4Br2FNS/c10-8-5(2-1-3-6(8)12)7-4-14-9(11)13-7/h1-4H. The molecule has 0 N–H and O–H groups in total. The van der Waals surface area contributed by atoms with E-state index in [1.54, 1.807) is 6.07 Å². The summed E-state index contributed by atoms with van der Waals surface area (Å²) in [5.41, 5.74) is 1.54. The number of hydrogen-bond acceptors (Lipinski definition) is 2. The Morgan fingerprint density at radius 2 is 2.07 bits per heavy atom. The number of hydrogen-bond donors (Lipinski definition) is 0. The molecule has 1 aromatic carbocycles. The number of rotatable bonds is 1. The third kappa shape index (κ3) is 1.89. The minimum absolute atomic E-state index is 0.272. The van der Waals surface area contributed by atoms with Gasteiger partial charge in [0, 0.05) is 10.9 Å². The summed E-state index contributed by atoms with van der Waals surface area (Å²) in [6.45, 7) is 0. The van der Waals surface area contributed by atoms with Crippen molar-refractivity contribution in [3.05, 3.63) is 37.8 Å². The summed E-state index contributed by atoms with van der Waals surface area (Å²) in [5.74, 6) is -0.272. The van der Waals surface area contributed by atoms with Crippen LogP contribution >= 0.6 is 43.2 Å². The minimum Gasteiger partial charge on any atom is -0.229 e. The molecule has 0 aliphatic carbocycles. The van der Waals surface area contributed by atoms with Crippen LogP contribution in [0.2, 0.25) is 0 Å². The second-order valence-corrected chi connectivity index (χ2v) is 5.51. The summed E-state index contributed by atoms with van der Waals surface area (Å²) >= 11 is 7.95. The maximum Gasteiger partial charge on any atom is 0.159 e. The van der Waals surface area contributed by atoms with Gasteiger partial charge in [0.05, 0.1) is 10.2 Å². The lowest BCUT2D eigenvalue weighted by Crippen LogP contribution is -1.83. The summed E-state index contributed by atoms with van der Waals surface area (Å²) in [6, 6.07) is 4.91. The van der Waals surface area contributed by atoms with Crippen molar-refractivity contribution in [1.29, 1.82) is 0 Å². The van der Waals surface area contributed by atoms with Crippen molar-refractivity contribution in [3.63, 3.8) is 0 Å². The van der Waals surface area contributed by atoms with Crippen LogP contribution in [0, 0.1) is 5.82 Å². The first-order valence-corrected chi connectivity index (χ1v) is 6.20. The van der Waals surface area contributed by atoms with Gasteiger partial charge in [-0.15, -0.1) is 11.3 Å². The van der Waals surface area contributed by atoms with Crippen LogP contribution in [0.25, 0.3) is 11.3 Å². The monoisotopic (exact) mass is 335 g/mol. The smallest absolute Gasteiger partial charge is 0.159 e. The minimum atomic E-state index is -0.272. The van der Waals surface area contributed by atoms with E-state index in [2.05, 4.69) is 36.8 Å². The average Bonchev–Trinajstić information content (AvgIpc) is 2.57. The highest BCUT2D eigenvalue weighted by atomic mass is 79.9. The van der Waals surface area contributed by atoms with Crippen LogP contribution in [-0.4, -0.2) is 4.98 Å². The van der Waals surface area contributed by atoms with E-state index in [4.69, 9.17) is 0 Å². The van der Waals surface area contributed by atoms with Crippen LogP contribution < -0.4 is 0 Å². The molecule has 0 saturated carbocycles. The Hall–Kier alpha value is -0.260. The Bertz CT molecular complexity index is 470. The lowest BCUT2D eigenvalue weighted by Gasteiger charge is -2.00. The van der Waals surface area contributed by atoms with E-state index in [-0.39, 0.29) is 5.82 Å². The predicted octanol–water partition coefficient (Wildman–Crippen LogP) is 4.47. The maximum atomic E-state index is 13.2. The van der Waals surface area contributed by atoms with Gasteiger partial charge in [-0.05, 0) is 37.9 Å². The van der Waals surface area contributed by atoms with Gasteiger partial charge in [0.1, 0.15) is 5.82 Å². The van der Waals surface area contributed by atoms with Gasteiger partial charge in [-0.2, -0.15) is 0 Å². The molecule has 2 rings (SSSR count). The van der Waals surface area contributed by atoms with Crippen molar-refractivity contribution < 1.29 is 4.39 Å². The number of thiazole rings is 1. The van der Waals surface area contributed by atoms with Crippen molar-refractivity contribution in [2.24, 2.45) is 0 Å². The van der Waals surface area contributed by atoms with Crippen LogP contribution in [-0.2, 0) is 0 Å². The van der Waals surface area contributed by atoms with Crippen molar-refractivity contribution in [2.45, 2.75) is 0 Å². The van der Waals surface area contributed by atoms with E-state index in [1.165, 1.54) is 17.4 Å². The fraction of sp³-hybridized carbons (Fsp3) is 0. The van der Waals surface area contributed by atoms with Gasteiger partial charge in [-0.3, -0.25) is 0 Å². The number of nitrogens with zero attached hydrogens (tertiary/aromatic N) is 1. The van der Waals surface area contributed by atoms with Crippen molar-refractivity contribution in [1.82, 2.24) is 4.98 Å². The Morgan fingerprint density at radius 3 is 2.71 bits per heavy atom. The molecule has 14 heavy (non-hydrogen) atoms. The Balaban J connectivity index is 2.57. The Morgan fingerprint density at radius 1 is 1.29 bits per heavy atom. The Labute approximate surface area is 101 Å². The van der Waals surface area contributed by atoms with E-state index < -0.39 is 0 Å². The zero-order valence-corrected chi connectivity index (χ0v) is 10.8. The molecular weight excluding hydrogens is 333 g/mol. The highest BCUT2D eigenvalue weighted by Gasteiger charge is 2.09. The van der Waals surface area contributed by atoms with Crippen LogP contribution in [0.5, 0.6) is 0 Å². The van der Waals surface area contributed by atoms with Gasteiger partial charge >= 0.3 is 0 Å². The van der Waals surface area contributed by atoms with Crippen molar-refractivity contribution in [3.8, 4) is 11.3 Å². The molecule has 0 aliphatic heterocycles. The molecule has 0 saturated heterocycles. The largest absolute Gasteiger partial charge is 0.229 e. The van der Waals surface area contributed by atoms with Crippen LogP contribution in [0.15, 0.2) is 32.0 Å². The van der Waals surface area contributed by atoms with Crippen molar-refractivity contribution >= 4 is 43.2 Å². The third-order valence-corrected chi connectivity index (χ3v) is 3.87. The molecular formula is C9H4Br2FNS. The second-order valence-electron chi connectivity index (χ2n) is 2.59. The molecule has 0 unspecified atom stereocenters. The predicted molar refractivity (Wildman–Crippen MR) is 62.9 cm³/mol. The summed E-state index contributed by atoms with van der Waals surface area (Å²) in [7, 11) is 0. The first-order valence-electron chi connectivity index (χ1n) is 3.74. The SMILES string of the molecule is Fc1cccc(-c2csc(Br)n2)c1Br. The lowest BCUT2D eigenvalue weighted by atomic mass is 10.2. The van der Waals surface area contributed by atoms with E-state index in [0.29, 0.717) is 4.47 Å². The molecule has 72 valence electrons. The average molecular weight is 337 g/mol. The fourth-order valence-electron chi connectivity index (χ4n) is 1.08. The molecule has 0 bridgehead atoms. The molecule has 1 nitrogen and oxygen atoms in total. The number of benzene rings is 1. The molecule has 1 aromatic heterocycles. The Kier molecular flexibility index (Phi) is 2.99. The molecule has 5 heteroatoms. The first-order chi connectivity index (χ1) is 6.68. The molecule has 1 heterocycles. The lowest BCUT2D eigenvalue weighted by molar-refractivity contribution is 0.621. The molecule has 0 fully saturated rings. The van der Waals surface area contributed by atoms with Gasteiger partial charge in [0.2, 0.25) is 0 Å². The van der Waals surface area contributed by atoms with Gasteiger partial charge in [-0.1, -0.05) is 12.1 Å². The topological polar surface area (TPSA) is 12.9 Å². The molecule has 0 amide bonds. The van der Waals surface area contributed by atoms with Crippen molar-refractivity contribution in [2.75, 3.05) is 0 Å². The molecule has 0 spiro atoms. The molecule has 0 radical (unpaired) electrons. The molecule has 2 aromatic rings. The van der Waals surface area contributed by atoms with Gasteiger partial charge in [-0.25, -0.2) is 9.37 Å². The summed E-state index contributed by atoms with van der Waals surface area (Å²) in [5, 5.41) is 1.88. The van der Waals surface area contributed by atoms with E-state index in [0.717, 1.165) is 15.2 Å². The summed E-state index contributed by atoms with van der Waals surface area (Å²) in [6.07, 6.45) is 0. The molecule has 0 aliphatic rings. The number of halogens is 3. The third-order valence-electron chi connectivity index (χ3n) is 1.70. The fourth-order valence-corrected chi connectivity index (χ4v) is 2.56. The van der Waals surface area contributed by atoms with Crippen LogP contribution in [0.3, 0.4) is 0 Å². The van der Waals surface area contributed by atoms with E-state index in [9.17, 15) is 4.39 Å². The maximum absolute atomic E-state index is 13.2. The highest BCUT2D eigenvalue weighted by Crippen LogP contribution is 2.32. The van der Waals surface area contributed by atoms with Gasteiger partial charge in [0.15, 0.2) is 3.92 Å². The zero-order chi connectivity index (χ0) is 10.1. The van der Waals surface area contributed by atoms with Gasteiger partial charge < -0.3 is 0 Å². The zero-order valence-electron chi connectivity index (χ0n) is 6.80. The summed E-state index contributed by atoms with van der Waals surface area (Å²) in [4.78, 5) is 4.22. The van der Waals surface area contributed by atoms with Crippen LogP contribution in [0.4, 0.5) is 4.39 Å². The number of aromatic nitrogens is 1. The quantitative estimate of drug-likeness (QED) is 0.748. The highest BCUT2D eigenvalue weighted by molar-refractivity contribution is 9.11. The normalized spacial score (nSPS) is 10.5.